The smallest absolute Gasteiger partial charge is 0.287 e. The maximum absolute atomic E-state index is 12.6. The number of carbonyl (C=O) groups excluding carboxylic acids is 4. The van der Waals surface area contributed by atoms with Crippen LogP contribution >= 0.6 is 0 Å². The van der Waals surface area contributed by atoms with Crippen LogP contribution in [0, 0.1) is 0 Å². The van der Waals surface area contributed by atoms with E-state index in [0.717, 1.165) is 0 Å². The second-order valence-electron chi connectivity index (χ2n) is 7.20. The molecule has 0 aromatic carbocycles. The lowest BCUT2D eigenvalue weighted by molar-refractivity contribution is -0.118. The van der Waals surface area contributed by atoms with Gasteiger partial charge in [0.2, 0.25) is 17.6 Å². The summed E-state index contributed by atoms with van der Waals surface area (Å²) in [7, 11) is 4.81. The molecule has 0 unspecified atom stereocenters. The Morgan fingerprint density at radius 3 is 2.50 bits per heavy atom. The minimum absolute atomic E-state index is 0.0963. The molecule has 1 aliphatic rings. The summed E-state index contributed by atoms with van der Waals surface area (Å²) in [6.45, 7) is 0.204. The Kier molecular flexibility index (Phi) is 6.88. The second-order valence-corrected chi connectivity index (χ2v) is 7.20. The summed E-state index contributed by atoms with van der Waals surface area (Å²) in [4.78, 5) is 52.6. The van der Waals surface area contributed by atoms with Crippen LogP contribution < -0.4 is 21.3 Å². The van der Waals surface area contributed by atoms with Gasteiger partial charge in [-0.2, -0.15) is 0 Å². The molecule has 1 aliphatic carbocycles. The van der Waals surface area contributed by atoms with E-state index in [9.17, 15) is 19.2 Å². The van der Waals surface area contributed by atoms with E-state index in [1.165, 1.54) is 23.9 Å². The van der Waals surface area contributed by atoms with Crippen LogP contribution in [0.2, 0.25) is 0 Å². The number of hydrogen-bond acceptors (Lipinski definition) is 5. The predicted molar refractivity (Wildman–Crippen MR) is 118 cm³/mol. The van der Waals surface area contributed by atoms with Gasteiger partial charge in [0.15, 0.2) is 5.82 Å². The van der Waals surface area contributed by atoms with Crippen LogP contribution in [0.5, 0.6) is 0 Å². The summed E-state index contributed by atoms with van der Waals surface area (Å²) < 4.78 is 3.07. The lowest BCUT2D eigenvalue weighted by atomic mass is 10.2. The number of carbonyl (C=O) groups is 4. The zero-order valence-electron chi connectivity index (χ0n) is 18.1. The highest BCUT2D eigenvalue weighted by molar-refractivity contribution is 6.04. The molecule has 2 aromatic heterocycles. The lowest BCUT2D eigenvalue weighted by Crippen LogP contribution is -2.28. The fraction of sp³-hybridized carbons (Fsp3) is 0.286. The summed E-state index contributed by atoms with van der Waals surface area (Å²) in [5.74, 6) is -0.900. The molecule has 4 amide bonds. The third-order valence-corrected chi connectivity index (χ3v) is 4.77. The van der Waals surface area contributed by atoms with Crippen LogP contribution in [0.4, 0.5) is 11.5 Å². The lowest BCUT2D eigenvalue weighted by Gasteiger charge is -2.06. The Balaban J connectivity index is 1.53. The topological polar surface area (TPSA) is 139 Å². The molecule has 0 atom stereocenters. The van der Waals surface area contributed by atoms with Crippen LogP contribution in [0.25, 0.3) is 0 Å². The van der Waals surface area contributed by atoms with Gasteiger partial charge >= 0.3 is 0 Å². The molecular formula is C21H25N7O4. The van der Waals surface area contributed by atoms with Crippen molar-refractivity contribution in [3.05, 3.63) is 53.8 Å². The van der Waals surface area contributed by atoms with Crippen molar-refractivity contribution in [2.45, 2.75) is 12.8 Å². The normalized spacial score (nSPS) is 12.3. The number of nitrogens with zero attached hydrogens (tertiary/aromatic N) is 3. The number of rotatable bonds is 8. The fourth-order valence-corrected chi connectivity index (χ4v) is 3.13. The SMILES string of the molecule is CNC(=O)c1nc(NC(=O)c2cc(NC(=O)CCNC(=O)C3=CC=CC3)cn2C)cn1C. The van der Waals surface area contributed by atoms with Crippen molar-refractivity contribution in [2.75, 3.05) is 24.2 Å². The first-order valence-corrected chi connectivity index (χ1v) is 9.95. The summed E-state index contributed by atoms with van der Waals surface area (Å²) in [6, 6.07) is 1.53. The molecular weight excluding hydrogens is 414 g/mol. The monoisotopic (exact) mass is 439 g/mol. The number of nitrogens with one attached hydrogen (secondary N) is 4. The van der Waals surface area contributed by atoms with Crippen molar-refractivity contribution >= 4 is 35.1 Å². The van der Waals surface area contributed by atoms with Crippen LogP contribution in [0.3, 0.4) is 0 Å². The number of allylic oxidation sites excluding steroid dienone is 3. The average molecular weight is 439 g/mol. The average Bonchev–Trinajstić information content (AvgIpc) is 3.48. The molecule has 0 spiro atoms. The molecule has 2 heterocycles. The molecule has 0 aliphatic heterocycles. The van der Waals surface area contributed by atoms with Crippen molar-refractivity contribution in [3.63, 3.8) is 0 Å². The van der Waals surface area contributed by atoms with Crippen molar-refractivity contribution in [1.29, 1.82) is 0 Å². The highest BCUT2D eigenvalue weighted by atomic mass is 16.2. The summed E-state index contributed by atoms with van der Waals surface area (Å²) in [5, 5.41) is 10.5. The van der Waals surface area contributed by atoms with Gasteiger partial charge in [-0.15, -0.1) is 0 Å². The zero-order valence-corrected chi connectivity index (χ0v) is 18.1. The van der Waals surface area contributed by atoms with E-state index in [1.807, 2.05) is 12.2 Å². The van der Waals surface area contributed by atoms with E-state index in [1.54, 1.807) is 30.9 Å². The fourth-order valence-electron chi connectivity index (χ4n) is 3.13. The van der Waals surface area contributed by atoms with Crippen LogP contribution in [-0.2, 0) is 23.7 Å². The van der Waals surface area contributed by atoms with Gasteiger partial charge in [-0.3, -0.25) is 19.2 Å². The molecule has 0 saturated heterocycles. The molecule has 3 rings (SSSR count). The van der Waals surface area contributed by atoms with E-state index in [0.29, 0.717) is 23.4 Å². The van der Waals surface area contributed by atoms with Crippen LogP contribution in [0.1, 0.15) is 33.9 Å². The first-order valence-electron chi connectivity index (χ1n) is 9.95. The van der Waals surface area contributed by atoms with Crippen molar-refractivity contribution in [3.8, 4) is 0 Å². The molecule has 32 heavy (non-hydrogen) atoms. The number of anilines is 2. The van der Waals surface area contributed by atoms with Crippen LogP contribution in [-0.4, -0.2) is 51.3 Å². The number of hydrogen-bond donors (Lipinski definition) is 4. The van der Waals surface area contributed by atoms with E-state index >= 15 is 0 Å². The van der Waals surface area contributed by atoms with Gasteiger partial charge in [0.1, 0.15) is 5.69 Å². The van der Waals surface area contributed by atoms with Gasteiger partial charge in [0, 0.05) is 52.1 Å². The Bertz CT molecular complexity index is 1120. The van der Waals surface area contributed by atoms with Crippen molar-refractivity contribution < 1.29 is 19.2 Å². The number of aromatic nitrogens is 3. The number of imidazole rings is 1. The van der Waals surface area contributed by atoms with Gasteiger partial charge in [-0.05, 0) is 12.5 Å². The first kappa shape index (κ1) is 22.5. The minimum Gasteiger partial charge on any atom is -0.352 e. The second kappa shape index (κ2) is 9.77. The Labute approximate surface area is 184 Å². The van der Waals surface area contributed by atoms with Gasteiger partial charge < -0.3 is 30.4 Å². The van der Waals surface area contributed by atoms with E-state index in [4.69, 9.17) is 0 Å². The molecule has 11 nitrogen and oxygen atoms in total. The summed E-state index contributed by atoms with van der Waals surface area (Å²) in [6.07, 6.45) is 9.28. The third kappa shape index (κ3) is 5.31. The molecule has 0 radical (unpaired) electrons. The van der Waals surface area contributed by atoms with E-state index in [2.05, 4.69) is 26.3 Å². The standard InChI is InChI=1S/C21H25N7O4/c1-22-21(32)18-25-16(12-28(18)3)26-20(31)15-10-14(11-27(15)2)24-17(29)8-9-23-19(30)13-6-4-5-7-13/h4-6,10-12H,7-9H2,1-3H3,(H,22,32)(H,23,30)(H,24,29)(H,26,31). The molecule has 4 N–H and O–H groups in total. The van der Waals surface area contributed by atoms with Gasteiger partial charge in [0.05, 0.1) is 5.69 Å². The molecule has 0 fully saturated rings. The van der Waals surface area contributed by atoms with E-state index < -0.39 is 5.91 Å². The molecule has 0 saturated carbocycles. The Morgan fingerprint density at radius 2 is 1.81 bits per heavy atom. The Morgan fingerprint density at radius 1 is 1.03 bits per heavy atom. The molecule has 2 aromatic rings. The predicted octanol–water partition coefficient (Wildman–Crippen LogP) is 0.702. The zero-order chi connectivity index (χ0) is 23.3. The van der Waals surface area contributed by atoms with E-state index in [-0.39, 0.29) is 42.3 Å². The highest BCUT2D eigenvalue weighted by Crippen LogP contribution is 2.16. The Hall–Kier alpha value is -4.15. The van der Waals surface area contributed by atoms with Gasteiger partial charge in [-0.1, -0.05) is 18.2 Å². The number of amides is 4. The van der Waals surface area contributed by atoms with Crippen LogP contribution in [0.15, 0.2) is 42.3 Å². The summed E-state index contributed by atoms with van der Waals surface area (Å²) >= 11 is 0. The third-order valence-electron chi connectivity index (χ3n) is 4.77. The molecule has 0 bridgehead atoms. The van der Waals surface area contributed by atoms with Gasteiger partial charge in [-0.25, -0.2) is 4.98 Å². The minimum atomic E-state index is -0.444. The molecule has 168 valence electrons. The maximum Gasteiger partial charge on any atom is 0.287 e. The molecule has 11 heteroatoms. The van der Waals surface area contributed by atoms with Crippen molar-refractivity contribution in [2.24, 2.45) is 14.1 Å². The quantitative estimate of drug-likeness (QED) is 0.480. The maximum atomic E-state index is 12.6. The largest absolute Gasteiger partial charge is 0.352 e. The van der Waals surface area contributed by atoms with Crippen molar-refractivity contribution in [1.82, 2.24) is 24.8 Å². The highest BCUT2D eigenvalue weighted by Gasteiger charge is 2.17. The summed E-state index contributed by atoms with van der Waals surface area (Å²) in [5.41, 5.74) is 1.41. The first-order chi connectivity index (χ1) is 15.3. The number of aryl methyl sites for hydroxylation is 2. The van der Waals surface area contributed by atoms with Gasteiger partial charge in [0.25, 0.3) is 11.8 Å².